The van der Waals surface area contributed by atoms with Gasteiger partial charge in [-0.25, -0.2) is 4.79 Å². The summed E-state index contributed by atoms with van der Waals surface area (Å²) in [6, 6.07) is 1.64. The smallest absolute Gasteiger partial charge is 0.350 e. The first kappa shape index (κ1) is 9.59. The Hall–Kier alpha value is -1.62. The van der Waals surface area contributed by atoms with Crippen LogP contribution in [0.2, 0.25) is 0 Å². The minimum atomic E-state index is -0.324. The van der Waals surface area contributed by atoms with Gasteiger partial charge in [0.15, 0.2) is 0 Å². The molecule has 84 valence electrons. The van der Waals surface area contributed by atoms with Crippen molar-refractivity contribution in [3.8, 4) is 0 Å². The number of nitrogens with two attached hydrogens (primary N) is 1. The Kier molecular flexibility index (Phi) is 1.77. The highest BCUT2D eigenvalue weighted by atomic mass is 16.3. The highest BCUT2D eigenvalue weighted by Crippen LogP contribution is 2.63. The van der Waals surface area contributed by atoms with E-state index in [1.807, 2.05) is 12.2 Å². The number of allylic oxidation sites excluding steroid dienone is 1. The maximum atomic E-state index is 11.7. The van der Waals surface area contributed by atoms with Gasteiger partial charge in [0.05, 0.1) is 12.6 Å². The standard InChI is InChI=1S/C11H13N3O2/c12-9-2-4-14(10(16)13-9)8-1-3-11(6-15)5-7(8)11/h1-4,7-8,15H,5-6H2,(H2,12,13,16)/t7-,8+,11-/m0/s1. The van der Waals surface area contributed by atoms with Gasteiger partial charge in [0.1, 0.15) is 5.82 Å². The van der Waals surface area contributed by atoms with Crippen LogP contribution in [0.4, 0.5) is 5.82 Å². The zero-order valence-electron chi connectivity index (χ0n) is 8.71. The summed E-state index contributed by atoms with van der Waals surface area (Å²) >= 11 is 0. The lowest BCUT2D eigenvalue weighted by Gasteiger charge is -2.13. The van der Waals surface area contributed by atoms with Gasteiger partial charge in [-0.2, -0.15) is 4.98 Å². The fourth-order valence-electron chi connectivity index (χ4n) is 2.60. The van der Waals surface area contributed by atoms with Gasteiger partial charge in [0, 0.05) is 11.6 Å². The second-order valence-electron chi connectivity index (χ2n) is 4.59. The molecular formula is C11H13N3O2. The molecule has 2 aliphatic rings. The van der Waals surface area contributed by atoms with E-state index in [2.05, 4.69) is 4.98 Å². The average molecular weight is 219 g/mol. The molecule has 3 rings (SSSR count). The number of anilines is 1. The number of rotatable bonds is 2. The number of nitrogens with zero attached hydrogens (tertiary/aromatic N) is 2. The van der Waals surface area contributed by atoms with E-state index in [0.717, 1.165) is 6.42 Å². The molecule has 0 amide bonds. The van der Waals surface area contributed by atoms with Crippen LogP contribution in [0, 0.1) is 11.3 Å². The van der Waals surface area contributed by atoms with Gasteiger partial charge in [-0.05, 0) is 18.4 Å². The first-order valence-corrected chi connectivity index (χ1v) is 5.31. The molecule has 0 bridgehead atoms. The van der Waals surface area contributed by atoms with Crippen molar-refractivity contribution >= 4 is 5.82 Å². The van der Waals surface area contributed by atoms with Gasteiger partial charge in [-0.3, -0.25) is 4.57 Å². The second-order valence-corrected chi connectivity index (χ2v) is 4.59. The fraction of sp³-hybridized carbons (Fsp3) is 0.455. The lowest BCUT2D eigenvalue weighted by Crippen LogP contribution is -2.27. The first-order valence-electron chi connectivity index (χ1n) is 5.31. The van der Waals surface area contributed by atoms with Gasteiger partial charge >= 0.3 is 5.69 Å². The molecule has 1 fully saturated rings. The van der Waals surface area contributed by atoms with Gasteiger partial charge in [0.2, 0.25) is 0 Å². The van der Waals surface area contributed by atoms with E-state index in [0.29, 0.717) is 5.92 Å². The Bertz CT molecular complexity index is 522. The van der Waals surface area contributed by atoms with Crippen LogP contribution < -0.4 is 11.4 Å². The minimum Gasteiger partial charge on any atom is -0.395 e. The topological polar surface area (TPSA) is 81.1 Å². The minimum absolute atomic E-state index is 0.0211. The molecule has 3 N–H and O–H groups in total. The summed E-state index contributed by atoms with van der Waals surface area (Å²) in [4.78, 5) is 15.4. The van der Waals surface area contributed by atoms with Crippen molar-refractivity contribution < 1.29 is 5.11 Å². The number of aliphatic hydroxyl groups is 1. The lowest BCUT2D eigenvalue weighted by atomic mass is 10.1. The zero-order valence-corrected chi connectivity index (χ0v) is 8.71. The van der Waals surface area contributed by atoms with Crippen LogP contribution in [0.3, 0.4) is 0 Å². The largest absolute Gasteiger partial charge is 0.395 e. The van der Waals surface area contributed by atoms with Crippen LogP contribution in [0.1, 0.15) is 12.5 Å². The Morgan fingerprint density at radius 2 is 2.50 bits per heavy atom. The molecule has 0 saturated heterocycles. The van der Waals surface area contributed by atoms with E-state index < -0.39 is 0 Å². The van der Waals surface area contributed by atoms with E-state index in [-0.39, 0.29) is 29.6 Å². The summed E-state index contributed by atoms with van der Waals surface area (Å²) in [6.45, 7) is 0.155. The molecular weight excluding hydrogens is 206 g/mol. The van der Waals surface area contributed by atoms with Crippen LogP contribution in [-0.2, 0) is 0 Å². The van der Waals surface area contributed by atoms with E-state index >= 15 is 0 Å². The van der Waals surface area contributed by atoms with Crippen LogP contribution in [0.25, 0.3) is 0 Å². The van der Waals surface area contributed by atoms with Crippen LogP contribution in [-0.4, -0.2) is 21.3 Å². The van der Waals surface area contributed by atoms with Crippen molar-refractivity contribution in [1.82, 2.24) is 9.55 Å². The maximum absolute atomic E-state index is 11.7. The molecule has 16 heavy (non-hydrogen) atoms. The molecule has 0 aliphatic heterocycles. The van der Waals surface area contributed by atoms with Crippen molar-refractivity contribution in [2.24, 2.45) is 11.3 Å². The first-order chi connectivity index (χ1) is 7.66. The second kappa shape index (κ2) is 2.95. The summed E-state index contributed by atoms with van der Waals surface area (Å²) < 4.78 is 1.59. The fourth-order valence-corrected chi connectivity index (χ4v) is 2.60. The van der Waals surface area contributed by atoms with Gasteiger partial charge in [0.25, 0.3) is 0 Å². The molecule has 0 unspecified atom stereocenters. The molecule has 1 aromatic heterocycles. The Balaban J connectivity index is 1.96. The Morgan fingerprint density at radius 1 is 1.69 bits per heavy atom. The molecule has 0 aromatic carbocycles. The van der Waals surface area contributed by atoms with Crippen molar-refractivity contribution in [2.45, 2.75) is 12.5 Å². The van der Waals surface area contributed by atoms with E-state index in [1.165, 1.54) is 0 Å². The van der Waals surface area contributed by atoms with Gasteiger partial charge < -0.3 is 10.8 Å². The summed E-state index contributed by atoms with van der Waals surface area (Å²) in [5.74, 6) is 0.577. The third-order valence-corrected chi connectivity index (χ3v) is 3.68. The highest BCUT2D eigenvalue weighted by molar-refractivity contribution is 5.29. The molecule has 3 atom stereocenters. The Morgan fingerprint density at radius 3 is 3.06 bits per heavy atom. The summed E-state index contributed by atoms with van der Waals surface area (Å²) in [5, 5.41) is 9.27. The normalized spacial score (nSPS) is 35.1. The van der Waals surface area contributed by atoms with Crippen molar-refractivity contribution in [3.05, 3.63) is 34.9 Å². The van der Waals surface area contributed by atoms with Crippen LogP contribution >= 0.6 is 0 Å². The monoisotopic (exact) mass is 219 g/mol. The highest BCUT2D eigenvalue weighted by Gasteiger charge is 2.58. The zero-order chi connectivity index (χ0) is 11.3. The number of fused-ring (bicyclic) bond motifs is 1. The average Bonchev–Trinajstić information content (AvgIpc) is 2.88. The predicted molar refractivity (Wildman–Crippen MR) is 58.7 cm³/mol. The number of hydrogen-bond donors (Lipinski definition) is 2. The molecule has 1 saturated carbocycles. The molecule has 0 radical (unpaired) electrons. The van der Waals surface area contributed by atoms with E-state index in [1.54, 1.807) is 16.8 Å². The summed E-state index contributed by atoms with van der Waals surface area (Å²) in [7, 11) is 0. The number of nitrogen functional groups attached to an aromatic ring is 1. The molecule has 0 spiro atoms. The van der Waals surface area contributed by atoms with Gasteiger partial charge in [-0.15, -0.1) is 0 Å². The number of hydrogen-bond acceptors (Lipinski definition) is 4. The van der Waals surface area contributed by atoms with Crippen molar-refractivity contribution in [3.63, 3.8) is 0 Å². The molecule has 5 nitrogen and oxygen atoms in total. The molecule has 2 aliphatic carbocycles. The molecule has 1 heterocycles. The number of aromatic nitrogens is 2. The molecule has 1 aromatic rings. The van der Waals surface area contributed by atoms with Crippen molar-refractivity contribution in [1.29, 1.82) is 0 Å². The molecule has 5 heteroatoms. The summed E-state index contributed by atoms with van der Waals surface area (Å²) in [6.07, 6.45) is 6.61. The van der Waals surface area contributed by atoms with Gasteiger partial charge in [-0.1, -0.05) is 12.2 Å². The summed E-state index contributed by atoms with van der Waals surface area (Å²) in [5.41, 5.74) is 5.04. The van der Waals surface area contributed by atoms with Crippen LogP contribution in [0.5, 0.6) is 0 Å². The third kappa shape index (κ3) is 1.15. The van der Waals surface area contributed by atoms with E-state index in [4.69, 9.17) is 5.73 Å². The number of aliphatic hydroxyl groups excluding tert-OH is 1. The Labute approximate surface area is 92.2 Å². The van der Waals surface area contributed by atoms with Crippen LogP contribution in [0.15, 0.2) is 29.2 Å². The quantitative estimate of drug-likeness (QED) is 0.682. The van der Waals surface area contributed by atoms with E-state index in [9.17, 15) is 9.90 Å². The SMILES string of the molecule is Nc1ccn([C@@H]2C=C[C@@]3(CO)C[C@@H]23)c(=O)n1. The van der Waals surface area contributed by atoms with Crippen molar-refractivity contribution in [2.75, 3.05) is 12.3 Å². The lowest BCUT2D eigenvalue weighted by molar-refractivity contribution is 0.230. The maximum Gasteiger partial charge on any atom is 0.350 e. The third-order valence-electron chi connectivity index (χ3n) is 3.68. The predicted octanol–water partition coefficient (Wildman–Crippen LogP) is -0.0650.